The van der Waals surface area contributed by atoms with Gasteiger partial charge in [-0.25, -0.2) is 4.39 Å². The Labute approximate surface area is 113 Å². The van der Waals surface area contributed by atoms with Crippen molar-refractivity contribution in [2.75, 3.05) is 7.05 Å². The lowest BCUT2D eigenvalue weighted by Crippen LogP contribution is -2.19. The molecule has 18 heavy (non-hydrogen) atoms. The molecule has 0 saturated carbocycles. The SMILES string of the molecule is CNC(Cc1cn(C)nn1)c1cc(F)ccc1Br. The van der Waals surface area contributed by atoms with Crippen molar-refractivity contribution in [2.24, 2.45) is 7.05 Å². The quantitative estimate of drug-likeness (QED) is 0.941. The first kappa shape index (κ1) is 13.2. The van der Waals surface area contributed by atoms with Crippen LogP contribution in [0.15, 0.2) is 28.9 Å². The van der Waals surface area contributed by atoms with Gasteiger partial charge in [0.1, 0.15) is 5.82 Å². The fourth-order valence-corrected chi connectivity index (χ4v) is 2.37. The first-order valence-electron chi connectivity index (χ1n) is 5.57. The summed E-state index contributed by atoms with van der Waals surface area (Å²) < 4.78 is 15.8. The Morgan fingerprint density at radius 2 is 2.28 bits per heavy atom. The van der Waals surface area contributed by atoms with Crippen LogP contribution in [0.5, 0.6) is 0 Å². The number of hydrogen-bond acceptors (Lipinski definition) is 3. The van der Waals surface area contributed by atoms with E-state index in [9.17, 15) is 4.39 Å². The van der Waals surface area contributed by atoms with Crippen LogP contribution in [0.1, 0.15) is 17.3 Å². The molecule has 0 radical (unpaired) electrons. The predicted molar refractivity (Wildman–Crippen MR) is 70.6 cm³/mol. The van der Waals surface area contributed by atoms with Gasteiger partial charge < -0.3 is 5.32 Å². The van der Waals surface area contributed by atoms with E-state index < -0.39 is 0 Å². The molecule has 1 N–H and O–H groups in total. The molecule has 0 saturated heterocycles. The molecular formula is C12H14BrFN4. The minimum atomic E-state index is -0.243. The van der Waals surface area contributed by atoms with Crippen molar-refractivity contribution < 1.29 is 4.39 Å². The molecule has 4 nitrogen and oxygen atoms in total. The molecule has 1 aromatic carbocycles. The number of benzene rings is 1. The normalized spacial score (nSPS) is 12.7. The Balaban J connectivity index is 2.25. The maximum absolute atomic E-state index is 13.3. The topological polar surface area (TPSA) is 42.7 Å². The van der Waals surface area contributed by atoms with E-state index in [1.165, 1.54) is 12.1 Å². The Morgan fingerprint density at radius 3 is 2.89 bits per heavy atom. The van der Waals surface area contributed by atoms with E-state index in [-0.39, 0.29) is 11.9 Å². The van der Waals surface area contributed by atoms with Crippen molar-refractivity contribution in [3.63, 3.8) is 0 Å². The third-order valence-electron chi connectivity index (χ3n) is 2.75. The Bertz CT molecular complexity index is 541. The maximum atomic E-state index is 13.3. The summed E-state index contributed by atoms with van der Waals surface area (Å²) in [7, 11) is 3.67. The number of nitrogens with one attached hydrogen (secondary N) is 1. The Morgan fingerprint density at radius 1 is 1.50 bits per heavy atom. The Hall–Kier alpha value is -1.27. The zero-order chi connectivity index (χ0) is 13.1. The molecule has 0 amide bonds. The number of halogens is 2. The van der Waals surface area contributed by atoms with Crippen molar-refractivity contribution in [1.29, 1.82) is 0 Å². The lowest BCUT2D eigenvalue weighted by atomic mass is 10.0. The molecule has 0 bridgehead atoms. The second-order valence-electron chi connectivity index (χ2n) is 4.09. The van der Waals surface area contributed by atoms with E-state index in [2.05, 4.69) is 31.6 Å². The number of likely N-dealkylation sites (N-methyl/N-ethyl adjacent to an activating group) is 1. The summed E-state index contributed by atoms with van der Waals surface area (Å²) in [5, 5.41) is 11.1. The lowest BCUT2D eigenvalue weighted by molar-refractivity contribution is 0.568. The monoisotopic (exact) mass is 312 g/mol. The van der Waals surface area contributed by atoms with Crippen LogP contribution in [0.3, 0.4) is 0 Å². The predicted octanol–water partition coefficient (Wildman–Crippen LogP) is 2.22. The zero-order valence-corrected chi connectivity index (χ0v) is 11.8. The van der Waals surface area contributed by atoms with Crippen LogP contribution in [0.2, 0.25) is 0 Å². The van der Waals surface area contributed by atoms with E-state index in [0.717, 1.165) is 15.7 Å². The molecule has 0 aliphatic rings. The fourth-order valence-electron chi connectivity index (χ4n) is 1.85. The molecule has 1 aromatic heterocycles. The molecule has 2 rings (SSSR count). The highest BCUT2D eigenvalue weighted by atomic mass is 79.9. The van der Waals surface area contributed by atoms with Crippen molar-refractivity contribution in [2.45, 2.75) is 12.5 Å². The minimum absolute atomic E-state index is 0.00762. The number of aryl methyl sites for hydroxylation is 1. The molecule has 6 heteroatoms. The molecule has 0 fully saturated rings. The molecule has 1 atom stereocenters. The standard InChI is InChI=1S/C12H14BrFN4/c1-15-12(6-9-7-18(2)17-16-9)10-5-8(14)3-4-11(10)13/h3-5,7,12,15H,6H2,1-2H3. The minimum Gasteiger partial charge on any atom is -0.313 e. The van der Waals surface area contributed by atoms with E-state index in [4.69, 9.17) is 0 Å². The van der Waals surface area contributed by atoms with Crippen LogP contribution in [-0.2, 0) is 13.5 Å². The molecule has 0 aliphatic heterocycles. The van der Waals surface area contributed by atoms with Crippen LogP contribution < -0.4 is 5.32 Å². The average Bonchev–Trinajstić information content (AvgIpc) is 2.75. The van der Waals surface area contributed by atoms with E-state index in [1.807, 2.05) is 20.3 Å². The van der Waals surface area contributed by atoms with Crippen molar-refractivity contribution in [3.8, 4) is 0 Å². The third kappa shape index (κ3) is 2.94. The van der Waals surface area contributed by atoms with Crippen LogP contribution in [0, 0.1) is 5.82 Å². The fraction of sp³-hybridized carbons (Fsp3) is 0.333. The molecular weight excluding hydrogens is 299 g/mol. The van der Waals surface area contributed by atoms with E-state index in [0.29, 0.717) is 6.42 Å². The van der Waals surface area contributed by atoms with Crippen LogP contribution in [0.4, 0.5) is 4.39 Å². The van der Waals surface area contributed by atoms with E-state index >= 15 is 0 Å². The summed E-state index contributed by atoms with van der Waals surface area (Å²) in [4.78, 5) is 0. The average molecular weight is 313 g/mol. The van der Waals surface area contributed by atoms with Gasteiger partial charge in [0.25, 0.3) is 0 Å². The summed E-state index contributed by atoms with van der Waals surface area (Å²) in [6.07, 6.45) is 2.52. The largest absolute Gasteiger partial charge is 0.313 e. The van der Waals surface area contributed by atoms with Gasteiger partial charge in [-0.05, 0) is 30.8 Å². The highest BCUT2D eigenvalue weighted by Crippen LogP contribution is 2.26. The van der Waals surface area contributed by atoms with Gasteiger partial charge in [0.2, 0.25) is 0 Å². The highest BCUT2D eigenvalue weighted by molar-refractivity contribution is 9.10. The molecule has 1 unspecified atom stereocenters. The number of aromatic nitrogens is 3. The third-order valence-corrected chi connectivity index (χ3v) is 3.47. The second-order valence-corrected chi connectivity index (χ2v) is 4.95. The molecule has 0 spiro atoms. The van der Waals surface area contributed by atoms with Gasteiger partial charge in [0, 0.05) is 30.2 Å². The van der Waals surface area contributed by atoms with Crippen LogP contribution in [0.25, 0.3) is 0 Å². The first-order valence-corrected chi connectivity index (χ1v) is 6.37. The summed E-state index contributed by atoms with van der Waals surface area (Å²) in [5.74, 6) is -0.243. The van der Waals surface area contributed by atoms with Gasteiger partial charge in [-0.1, -0.05) is 21.1 Å². The van der Waals surface area contributed by atoms with Crippen molar-refractivity contribution in [3.05, 3.63) is 45.9 Å². The molecule has 96 valence electrons. The molecule has 2 aromatic rings. The van der Waals surface area contributed by atoms with E-state index in [1.54, 1.807) is 10.7 Å². The lowest BCUT2D eigenvalue weighted by Gasteiger charge is -2.17. The Kier molecular flexibility index (Phi) is 4.08. The second kappa shape index (κ2) is 5.58. The van der Waals surface area contributed by atoms with Gasteiger partial charge in [0.05, 0.1) is 5.69 Å². The summed E-state index contributed by atoms with van der Waals surface area (Å²) >= 11 is 3.44. The summed E-state index contributed by atoms with van der Waals surface area (Å²) in [6, 6.07) is 4.67. The highest BCUT2D eigenvalue weighted by Gasteiger charge is 2.15. The van der Waals surface area contributed by atoms with Gasteiger partial charge in [-0.3, -0.25) is 4.68 Å². The molecule has 1 heterocycles. The van der Waals surface area contributed by atoms with Crippen molar-refractivity contribution in [1.82, 2.24) is 20.3 Å². The van der Waals surface area contributed by atoms with Crippen LogP contribution >= 0.6 is 15.9 Å². The maximum Gasteiger partial charge on any atom is 0.123 e. The van der Waals surface area contributed by atoms with Gasteiger partial charge >= 0.3 is 0 Å². The molecule has 0 aliphatic carbocycles. The summed E-state index contributed by atoms with van der Waals surface area (Å²) in [5.41, 5.74) is 1.75. The van der Waals surface area contributed by atoms with Crippen molar-refractivity contribution >= 4 is 15.9 Å². The van der Waals surface area contributed by atoms with Gasteiger partial charge in [-0.15, -0.1) is 5.10 Å². The number of nitrogens with zero attached hydrogens (tertiary/aromatic N) is 3. The first-order chi connectivity index (χ1) is 8.60. The van der Waals surface area contributed by atoms with Crippen LogP contribution in [-0.4, -0.2) is 22.0 Å². The van der Waals surface area contributed by atoms with Gasteiger partial charge in [0.15, 0.2) is 0 Å². The zero-order valence-electron chi connectivity index (χ0n) is 10.2. The number of hydrogen-bond donors (Lipinski definition) is 1. The summed E-state index contributed by atoms with van der Waals surface area (Å²) in [6.45, 7) is 0. The van der Waals surface area contributed by atoms with Gasteiger partial charge in [-0.2, -0.15) is 0 Å². The number of rotatable bonds is 4. The smallest absolute Gasteiger partial charge is 0.123 e.